The fourth-order valence-corrected chi connectivity index (χ4v) is 5.20. The Morgan fingerprint density at radius 3 is 2.00 bits per heavy atom. The number of ether oxygens (including phenoxy) is 1. The maximum Gasteiger partial charge on any atom is 0.283 e. The largest absolute Gasteiger partial charge is 0.394 e. The highest BCUT2D eigenvalue weighted by atomic mass is 16.6. The van der Waals surface area contributed by atoms with Gasteiger partial charge in [-0.15, -0.1) is 0 Å². The van der Waals surface area contributed by atoms with E-state index in [-0.39, 0.29) is 23.7 Å². The highest BCUT2D eigenvalue weighted by molar-refractivity contribution is 5.72. The third-order valence-electron chi connectivity index (χ3n) is 7.43. The van der Waals surface area contributed by atoms with E-state index in [9.17, 15) is 20.1 Å². The van der Waals surface area contributed by atoms with Crippen LogP contribution < -0.4 is 5.56 Å². The predicted molar refractivity (Wildman–Crippen MR) is 161 cm³/mol. The standard InChI is InChI=1S/C32H32N6O5/c39-19-25-27(40)28(41)31(43-25)38-21-33-26-29(38)35-32(37(30(26)42)18-24-14-8-3-9-15-24)34-20-36(16-22-10-4-1-5-11-22)17-23-12-6-2-7-13-23/h1-15,20-21,25,27-28,31,39-41H,16-19H2/b34-20+/t25-,27-,28-,31-/m1/s1. The zero-order valence-corrected chi connectivity index (χ0v) is 23.3. The van der Waals surface area contributed by atoms with E-state index < -0.39 is 36.7 Å². The lowest BCUT2D eigenvalue weighted by Gasteiger charge is -2.20. The molecule has 0 saturated carbocycles. The van der Waals surface area contributed by atoms with Gasteiger partial charge in [0, 0.05) is 13.1 Å². The van der Waals surface area contributed by atoms with Crippen molar-refractivity contribution in [3.63, 3.8) is 0 Å². The fourth-order valence-electron chi connectivity index (χ4n) is 5.20. The summed E-state index contributed by atoms with van der Waals surface area (Å²) < 4.78 is 8.57. The van der Waals surface area contributed by atoms with Gasteiger partial charge in [0.2, 0.25) is 5.95 Å². The van der Waals surface area contributed by atoms with Crippen LogP contribution in [0.3, 0.4) is 0 Å². The summed E-state index contributed by atoms with van der Waals surface area (Å²) in [6.07, 6.45) is -1.73. The molecule has 0 radical (unpaired) electrons. The van der Waals surface area contributed by atoms with E-state index in [1.165, 1.54) is 15.5 Å². The van der Waals surface area contributed by atoms with Gasteiger partial charge in [-0.05, 0) is 16.7 Å². The summed E-state index contributed by atoms with van der Waals surface area (Å²) in [7, 11) is 0. The van der Waals surface area contributed by atoms with Crippen molar-refractivity contribution in [1.82, 2.24) is 24.0 Å². The van der Waals surface area contributed by atoms with Gasteiger partial charge in [0.1, 0.15) is 18.3 Å². The number of hydrogen-bond acceptors (Lipinski definition) is 8. The molecule has 3 aromatic carbocycles. The molecule has 3 N–H and O–H groups in total. The number of aromatic nitrogens is 4. The topological polar surface area (TPSA) is 138 Å². The molecule has 1 saturated heterocycles. The van der Waals surface area contributed by atoms with Crippen LogP contribution in [-0.4, -0.2) is 70.6 Å². The van der Waals surface area contributed by atoms with Crippen LogP contribution in [0.2, 0.25) is 0 Å². The number of fused-ring (bicyclic) bond motifs is 1. The SMILES string of the molecule is O=c1c2ncn([C@@H]3O[C@H](CO)[C@@H](O)[C@H]3O)c2nc(/N=C/N(Cc2ccccc2)Cc2ccccc2)n1Cc1ccccc1. The zero-order chi connectivity index (χ0) is 29.8. The Kier molecular flexibility index (Phi) is 8.38. The summed E-state index contributed by atoms with van der Waals surface area (Å²) in [4.78, 5) is 29.6. The molecule has 0 unspecified atom stereocenters. The molecule has 43 heavy (non-hydrogen) atoms. The smallest absolute Gasteiger partial charge is 0.283 e. The molecule has 5 aromatic rings. The molecule has 1 fully saturated rings. The number of hydrogen-bond donors (Lipinski definition) is 3. The zero-order valence-electron chi connectivity index (χ0n) is 23.3. The molecule has 1 aliphatic heterocycles. The molecule has 220 valence electrons. The van der Waals surface area contributed by atoms with Gasteiger partial charge >= 0.3 is 0 Å². The number of benzene rings is 3. The molecule has 0 aliphatic carbocycles. The first-order valence-corrected chi connectivity index (χ1v) is 14.0. The van der Waals surface area contributed by atoms with Crippen molar-refractivity contribution < 1.29 is 20.1 Å². The van der Waals surface area contributed by atoms with Crippen molar-refractivity contribution in [1.29, 1.82) is 0 Å². The molecule has 11 nitrogen and oxygen atoms in total. The normalized spacial score (nSPS) is 20.3. The molecule has 0 amide bonds. The molecule has 1 aliphatic rings. The van der Waals surface area contributed by atoms with E-state index in [0.29, 0.717) is 13.1 Å². The van der Waals surface area contributed by atoms with Crippen molar-refractivity contribution >= 4 is 23.5 Å². The van der Waals surface area contributed by atoms with Crippen molar-refractivity contribution in [3.8, 4) is 0 Å². The second-order valence-electron chi connectivity index (χ2n) is 10.5. The Morgan fingerprint density at radius 1 is 0.860 bits per heavy atom. The Labute approximate surface area is 247 Å². The molecule has 0 spiro atoms. The van der Waals surface area contributed by atoms with Gasteiger partial charge in [0.05, 0.1) is 25.8 Å². The van der Waals surface area contributed by atoms with Gasteiger partial charge in [-0.1, -0.05) is 91.0 Å². The number of rotatable bonds is 10. The van der Waals surface area contributed by atoms with E-state index in [2.05, 4.69) is 4.98 Å². The molecule has 4 atom stereocenters. The number of nitrogens with zero attached hydrogens (tertiary/aromatic N) is 6. The van der Waals surface area contributed by atoms with E-state index in [4.69, 9.17) is 14.7 Å². The molecule has 6 rings (SSSR count). The number of imidazole rings is 1. The predicted octanol–water partition coefficient (Wildman–Crippen LogP) is 2.62. The van der Waals surface area contributed by atoms with E-state index >= 15 is 0 Å². The molecule has 2 aromatic heterocycles. The van der Waals surface area contributed by atoms with Crippen LogP contribution >= 0.6 is 0 Å². The maximum atomic E-state index is 13.8. The van der Waals surface area contributed by atoms with Crippen LogP contribution in [0.5, 0.6) is 0 Å². The molecule has 11 heteroatoms. The maximum absolute atomic E-state index is 13.8. The third-order valence-corrected chi connectivity index (χ3v) is 7.43. The van der Waals surface area contributed by atoms with Crippen LogP contribution in [-0.2, 0) is 24.4 Å². The molecular weight excluding hydrogens is 548 g/mol. The average molecular weight is 581 g/mol. The van der Waals surface area contributed by atoms with E-state index in [0.717, 1.165) is 16.7 Å². The second kappa shape index (κ2) is 12.7. The average Bonchev–Trinajstić information content (AvgIpc) is 3.59. The lowest BCUT2D eigenvalue weighted by atomic mass is 10.1. The van der Waals surface area contributed by atoms with Gasteiger partial charge in [-0.3, -0.25) is 13.9 Å². The van der Waals surface area contributed by atoms with Crippen molar-refractivity contribution in [2.45, 2.75) is 44.2 Å². The Bertz CT molecular complexity index is 1700. The van der Waals surface area contributed by atoms with Crippen LogP contribution in [0.4, 0.5) is 5.95 Å². The number of aliphatic hydroxyl groups excluding tert-OH is 3. The summed E-state index contributed by atoms with van der Waals surface area (Å²) >= 11 is 0. The van der Waals surface area contributed by atoms with E-state index in [1.54, 1.807) is 6.34 Å². The summed E-state index contributed by atoms with van der Waals surface area (Å²) in [6.45, 7) is 0.885. The van der Waals surface area contributed by atoms with Crippen LogP contribution in [0.1, 0.15) is 22.9 Å². The van der Waals surface area contributed by atoms with Gasteiger partial charge < -0.3 is 25.0 Å². The lowest BCUT2D eigenvalue weighted by Crippen LogP contribution is -2.33. The number of aliphatic hydroxyl groups is 3. The summed E-state index contributed by atoms with van der Waals surface area (Å²) in [5, 5.41) is 30.5. The first kappa shape index (κ1) is 28.4. The minimum Gasteiger partial charge on any atom is -0.394 e. The third kappa shape index (κ3) is 6.11. The minimum atomic E-state index is -1.36. The Morgan fingerprint density at radius 2 is 1.44 bits per heavy atom. The van der Waals surface area contributed by atoms with Crippen molar-refractivity contribution in [2.75, 3.05) is 6.61 Å². The molecule has 3 heterocycles. The summed E-state index contributed by atoms with van der Waals surface area (Å²) in [5.41, 5.74) is 2.88. The Hall–Kier alpha value is -4.68. The van der Waals surface area contributed by atoms with Gasteiger partial charge in [-0.25, -0.2) is 9.98 Å². The van der Waals surface area contributed by atoms with Crippen LogP contribution in [0.15, 0.2) is 107 Å². The lowest BCUT2D eigenvalue weighted by molar-refractivity contribution is -0.0511. The molecular formula is C32H32N6O5. The van der Waals surface area contributed by atoms with Gasteiger partial charge in [0.25, 0.3) is 5.56 Å². The summed E-state index contributed by atoms with van der Waals surface area (Å²) in [5.74, 6) is 0.140. The Balaban J connectivity index is 1.42. The first-order chi connectivity index (χ1) is 21.0. The molecule has 0 bridgehead atoms. The highest BCUT2D eigenvalue weighted by Gasteiger charge is 2.44. The second-order valence-corrected chi connectivity index (χ2v) is 10.5. The quantitative estimate of drug-likeness (QED) is 0.169. The fraction of sp³-hybridized carbons (Fsp3) is 0.250. The first-order valence-electron chi connectivity index (χ1n) is 14.0. The van der Waals surface area contributed by atoms with E-state index in [1.807, 2.05) is 95.9 Å². The highest BCUT2D eigenvalue weighted by Crippen LogP contribution is 2.31. The minimum absolute atomic E-state index is 0.0676. The number of aliphatic imine (C=N–C) groups is 1. The van der Waals surface area contributed by atoms with Crippen molar-refractivity contribution in [3.05, 3.63) is 124 Å². The van der Waals surface area contributed by atoms with Gasteiger partial charge in [0.15, 0.2) is 17.4 Å². The van der Waals surface area contributed by atoms with Crippen LogP contribution in [0.25, 0.3) is 11.2 Å². The van der Waals surface area contributed by atoms with Crippen molar-refractivity contribution in [2.24, 2.45) is 4.99 Å². The van der Waals surface area contributed by atoms with Gasteiger partial charge in [-0.2, -0.15) is 4.98 Å². The summed E-state index contributed by atoms with van der Waals surface area (Å²) in [6, 6.07) is 29.6. The monoisotopic (exact) mass is 580 g/mol. The van der Waals surface area contributed by atoms with Crippen LogP contribution in [0, 0.1) is 0 Å².